The Morgan fingerprint density at radius 1 is 1.23 bits per heavy atom. The third-order valence-corrected chi connectivity index (χ3v) is 10.5. The quantitative estimate of drug-likeness (QED) is 0.378. The Bertz CT molecular complexity index is 1810. The highest BCUT2D eigenvalue weighted by atomic mass is 32.1. The summed E-state index contributed by atoms with van der Waals surface area (Å²) in [5.41, 5.74) is 5.54. The number of hydrogen-bond acceptors (Lipinski definition) is 10. The largest absolute Gasteiger partial charge is 0.461 e. The Kier molecular flexibility index (Phi) is 7.03. The van der Waals surface area contributed by atoms with Crippen LogP contribution in [0.3, 0.4) is 0 Å². The molecule has 224 valence electrons. The Morgan fingerprint density at radius 2 is 2.02 bits per heavy atom. The number of piperazine rings is 1. The lowest BCUT2D eigenvalue weighted by Gasteiger charge is -2.36. The maximum atomic E-state index is 16.6. The van der Waals surface area contributed by atoms with Crippen molar-refractivity contribution in [1.29, 1.82) is 10.7 Å². The lowest BCUT2D eigenvalue weighted by Crippen LogP contribution is -2.51. The summed E-state index contributed by atoms with van der Waals surface area (Å²) in [6.45, 7) is 4.45. The maximum absolute atomic E-state index is 16.6. The van der Waals surface area contributed by atoms with Crippen molar-refractivity contribution in [2.24, 2.45) is 0 Å². The molecule has 0 amide bonds. The van der Waals surface area contributed by atoms with Gasteiger partial charge in [0.2, 0.25) is 0 Å². The summed E-state index contributed by atoms with van der Waals surface area (Å²) in [5, 5.41) is 20.7. The van der Waals surface area contributed by atoms with E-state index in [-0.39, 0.29) is 49.0 Å². The van der Waals surface area contributed by atoms with E-state index >= 15 is 8.78 Å². The minimum atomic E-state index is -0.957. The molecule has 6 heterocycles. The maximum Gasteiger partial charge on any atom is 0.319 e. The van der Waals surface area contributed by atoms with E-state index in [9.17, 15) is 9.65 Å². The van der Waals surface area contributed by atoms with Crippen molar-refractivity contribution in [2.75, 3.05) is 50.0 Å². The van der Waals surface area contributed by atoms with Crippen molar-refractivity contribution in [3.05, 3.63) is 38.1 Å². The van der Waals surface area contributed by atoms with Gasteiger partial charge < -0.3 is 26.1 Å². The fraction of sp³-hybridized carbons (Fsp3) is 0.467. The van der Waals surface area contributed by atoms with Crippen LogP contribution in [0.25, 0.3) is 22.8 Å². The summed E-state index contributed by atoms with van der Waals surface area (Å²) in [6, 6.07) is 1.97. The summed E-state index contributed by atoms with van der Waals surface area (Å²) in [6.07, 6.45) is 6.74. The van der Waals surface area contributed by atoms with Gasteiger partial charge in [0.25, 0.3) is 0 Å². The first-order valence-corrected chi connectivity index (χ1v) is 15.4. The molecule has 3 aromatic rings. The monoisotopic (exact) mass is 608 g/mol. The number of fused-ring (bicyclic) bond motifs is 3. The predicted molar refractivity (Wildman–Crippen MR) is 160 cm³/mol. The molecule has 2 aromatic heterocycles. The van der Waals surface area contributed by atoms with Crippen molar-refractivity contribution >= 4 is 51.2 Å². The smallest absolute Gasteiger partial charge is 0.319 e. The number of ether oxygens (including phenoxy) is 1. The number of aryl methyl sites for hydroxylation is 1. The molecule has 13 heteroatoms. The molecule has 3 saturated heterocycles. The molecule has 4 N–H and O–H groups in total. The third kappa shape index (κ3) is 4.46. The summed E-state index contributed by atoms with van der Waals surface area (Å²) >= 11 is 0.754. The molecule has 0 radical (unpaired) electrons. The van der Waals surface area contributed by atoms with Gasteiger partial charge in [-0.15, -0.1) is 11.3 Å². The van der Waals surface area contributed by atoms with Crippen LogP contribution in [0.2, 0.25) is 0 Å². The Balaban J connectivity index is 1.45. The van der Waals surface area contributed by atoms with Crippen LogP contribution < -0.4 is 30.4 Å². The van der Waals surface area contributed by atoms with Crippen molar-refractivity contribution in [2.45, 2.75) is 50.1 Å². The molecule has 1 atom stereocenters. The highest BCUT2D eigenvalue weighted by Gasteiger charge is 2.45. The second-order valence-electron chi connectivity index (χ2n) is 11.7. The van der Waals surface area contributed by atoms with Gasteiger partial charge in [0.1, 0.15) is 34.8 Å². The molecule has 4 aliphatic heterocycles. The second-order valence-corrected chi connectivity index (χ2v) is 12.8. The number of nitriles is 1. The Labute approximate surface area is 250 Å². The zero-order valence-corrected chi connectivity index (χ0v) is 24.3. The van der Waals surface area contributed by atoms with Crippen LogP contribution in [-0.2, 0) is 6.42 Å². The standard InChI is InChI=1S/C30H31F3N8OS/c31-21(13-35)26-18(20(12-34)27(36)43-26)11-19-23(32)17-4-3-16-14-37-7-10-41(16)28-22(17)25(24(19)33)38-29(39-28)42-15-30-5-1-8-40(30)9-2-6-30/h11,13,16,35,37H,1-10,14-15,36H2/b18-11+,26-21-,35-13?. The number of aromatic nitrogens is 2. The van der Waals surface area contributed by atoms with E-state index < -0.39 is 23.0 Å². The fourth-order valence-electron chi connectivity index (χ4n) is 7.37. The van der Waals surface area contributed by atoms with Gasteiger partial charge in [-0.3, -0.25) is 4.90 Å². The number of anilines is 2. The number of rotatable bonds is 5. The molecular weight excluding hydrogens is 577 g/mol. The van der Waals surface area contributed by atoms with Crippen LogP contribution in [0.15, 0.2) is 0 Å². The van der Waals surface area contributed by atoms with E-state index in [4.69, 9.17) is 20.9 Å². The van der Waals surface area contributed by atoms with Crippen LogP contribution in [0, 0.1) is 28.4 Å². The molecule has 0 saturated carbocycles. The highest BCUT2D eigenvalue weighted by molar-refractivity contribution is 7.14. The lowest BCUT2D eigenvalue weighted by atomic mass is 9.95. The van der Waals surface area contributed by atoms with Crippen LogP contribution >= 0.6 is 11.3 Å². The van der Waals surface area contributed by atoms with E-state index in [0.29, 0.717) is 56.5 Å². The molecule has 3 fully saturated rings. The first-order valence-electron chi connectivity index (χ1n) is 14.6. The van der Waals surface area contributed by atoms with Crippen LogP contribution in [0.4, 0.5) is 24.0 Å². The van der Waals surface area contributed by atoms with Gasteiger partial charge in [-0.05, 0) is 57.7 Å². The molecular formula is C30H31F3N8OS. The topological polar surface area (TPSA) is 127 Å². The third-order valence-electron chi connectivity index (χ3n) is 9.46. The number of nitrogen functional groups attached to an aromatic ring is 1. The number of benzene rings is 1. The zero-order chi connectivity index (χ0) is 29.9. The Hall–Kier alpha value is -3.73. The van der Waals surface area contributed by atoms with Gasteiger partial charge in [-0.2, -0.15) is 15.2 Å². The van der Waals surface area contributed by atoms with Gasteiger partial charge >= 0.3 is 6.01 Å². The zero-order valence-electron chi connectivity index (χ0n) is 23.5. The molecule has 0 spiro atoms. The summed E-state index contributed by atoms with van der Waals surface area (Å²) in [5.74, 6) is -2.26. The van der Waals surface area contributed by atoms with Crippen LogP contribution in [0.1, 0.15) is 48.8 Å². The number of hydrogen-bond donors (Lipinski definition) is 3. The number of halogens is 3. The van der Waals surface area contributed by atoms with Gasteiger partial charge in [0, 0.05) is 42.0 Å². The molecule has 43 heavy (non-hydrogen) atoms. The van der Waals surface area contributed by atoms with Crippen molar-refractivity contribution in [3.8, 4) is 12.1 Å². The fourth-order valence-corrected chi connectivity index (χ4v) is 8.27. The summed E-state index contributed by atoms with van der Waals surface area (Å²) in [7, 11) is 0. The van der Waals surface area contributed by atoms with E-state index in [1.807, 2.05) is 6.07 Å². The van der Waals surface area contributed by atoms with Crippen molar-refractivity contribution < 1.29 is 17.9 Å². The highest BCUT2D eigenvalue weighted by Crippen LogP contribution is 2.41. The number of nitrogens with one attached hydrogen (secondary N) is 2. The summed E-state index contributed by atoms with van der Waals surface area (Å²) < 4.78 is 53.8. The molecule has 1 unspecified atom stereocenters. The predicted octanol–water partition coefficient (Wildman–Crippen LogP) is 2.71. The minimum absolute atomic E-state index is 0.00240. The number of nitrogens with zero attached hydrogens (tertiary/aromatic N) is 5. The first kappa shape index (κ1) is 28.1. The van der Waals surface area contributed by atoms with E-state index in [0.717, 1.165) is 56.2 Å². The molecule has 9 nitrogen and oxygen atoms in total. The van der Waals surface area contributed by atoms with E-state index in [2.05, 4.69) is 20.1 Å². The van der Waals surface area contributed by atoms with Crippen LogP contribution in [0.5, 0.6) is 6.01 Å². The van der Waals surface area contributed by atoms with Crippen molar-refractivity contribution in [1.82, 2.24) is 20.2 Å². The molecule has 1 aromatic carbocycles. The SMILES string of the molecule is N#Cc1c(N)sc(=C(\F)C=N)/c1=C/c1c(F)c2c3c(nc(OCC45CCCN4CCC5)nc3c1F)N1CCNCC1CC2. The second kappa shape index (κ2) is 10.8. The molecule has 0 bridgehead atoms. The minimum Gasteiger partial charge on any atom is -0.461 e. The normalized spacial score (nSPS) is 22.2. The number of thiophene rings is 1. The number of nitrogens with two attached hydrogens (primary N) is 1. The van der Waals surface area contributed by atoms with E-state index in [1.54, 1.807) is 0 Å². The first-order chi connectivity index (χ1) is 20.8. The molecule has 0 aliphatic carbocycles. The molecule has 4 aliphatic rings. The van der Waals surface area contributed by atoms with Gasteiger partial charge in [0.15, 0.2) is 11.6 Å². The summed E-state index contributed by atoms with van der Waals surface area (Å²) in [4.78, 5) is 13.9. The molecule has 7 rings (SSSR count). The van der Waals surface area contributed by atoms with E-state index in [1.165, 1.54) is 0 Å². The average molecular weight is 609 g/mol. The van der Waals surface area contributed by atoms with Gasteiger partial charge in [0.05, 0.1) is 27.2 Å². The van der Waals surface area contributed by atoms with Gasteiger partial charge in [-0.25, -0.2) is 13.2 Å². The average Bonchev–Trinajstić information content (AvgIpc) is 3.66. The van der Waals surface area contributed by atoms with Gasteiger partial charge in [-0.1, -0.05) is 0 Å². The van der Waals surface area contributed by atoms with Crippen molar-refractivity contribution in [3.63, 3.8) is 0 Å². The van der Waals surface area contributed by atoms with Crippen LogP contribution in [-0.4, -0.2) is 72.0 Å². The Morgan fingerprint density at radius 3 is 2.77 bits per heavy atom. The lowest BCUT2D eigenvalue weighted by molar-refractivity contribution is 0.108.